The van der Waals surface area contributed by atoms with Crippen LogP contribution in [0.2, 0.25) is 0 Å². The second-order valence-corrected chi connectivity index (χ2v) is 4.28. The lowest BCUT2D eigenvalue weighted by molar-refractivity contribution is 0.0947. The van der Waals surface area contributed by atoms with E-state index in [0.717, 1.165) is 18.7 Å². The van der Waals surface area contributed by atoms with Gasteiger partial charge >= 0.3 is 0 Å². The molecule has 2 heterocycles. The minimum absolute atomic E-state index is 0.190. The highest BCUT2D eigenvalue weighted by atomic mass is 16.1. The van der Waals surface area contributed by atoms with Crippen LogP contribution < -0.4 is 10.6 Å². The minimum Gasteiger partial charge on any atom is -0.385 e. The maximum Gasteiger partial charge on any atom is 0.270 e. The van der Waals surface area contributed by atoms with Crippen LogP contribution in [0.15, 0.2) is 30.7 Å². The largest absolute Gasteiger partial charge is 0.385 e. The van der Waals surface area contributed by atoms with Crippen LogP contribution in [-0.2, 0) is 6.54 Å². The Morgan fingerprint density at radius 3 is 3.00 bits per heavy atom. The summed E-state index contributed by atoms with van der Waals surface area (Å²) in [6, 6.07) is 3.60. The zero-order valence-corrected chi connectivity index (χ0v) is 11.4. The summed E-state index contributed by atoms with van der Waals surface area (Å²) in [6.45, 7) is 4.03. The summed E-state index contributed by atoms with van der Waals surface area (Å²) < 4.78 is 1.66. The highest BCUT2D eigenvalue weighted by Crippen LogP contribution is 2.07. The number of hydrogen-bond acceptors (Lipinski definition) is 5. The molecule has 0 radical (unpaired) electrons. The van der Waals surface area contributed by atoms with Crippen LogP contribution in [0, 0.1) is 0 Å². The highest BCUT2D eigenvalue weighted by Gasteiger charge is 2.07. The number of anilines is 1. The fourth-order valence-electron chi connectivity index (χ4n) is 1.66. The van der Waals surface area contributed by atoms with Gasteiger partial charge < -0.3 is 10.6 Å². The lowest BCUT2D eigenvalue weighted by Crippen LogP contribution is -2.28. The van der Waals surface area contributed by atoms with E-state index < -0.39 is 0 Å². The van der Waals surface area contributed by atoms with Crippen LogP contribution in [0.25, 0.3) is 0 Å². The van der Waals surface area contributed by atoms with Crippen molar-refractivity contribution in [1.29, 1.82) is 0 Å². The quantitative estimate of drug-likeness (QED) is 0.784. The Morgan fingerprint density at radius 1 is 1.35 bits per heavy atom. The summed E-state index contributed by atoms with van der Waals surface area (Å²) in [5.74, 6) is -0.190. The average Bonchev–Trinajstić information content (AvgIpc) is 2.98. The third-order valence-electron chi connectivity index (χ3n) is 2.67. The monoisotopic (exact) mass is 274 g/mol. The number of pyridine rings is 1. The predicted octanol–water partition coefficient (Wildman–Crippen LogP) is 0.925. The lowest BCUT2D eigenvalue weighted by Gasteiger charge is -2.07. The first-order valence-electron chi connectivity index (χ1n) is 6.62. The van der Waals surface area contributed by atoms with Gasteiger partial charge in [-0.1, -0.05) is 12.1 Å². The van der Waals surface area contributed by atoms with Crippen LogP contribution in [0.3, 0.4) is 0 Å². The molecule has 2 rings (SSSR count). The van der Waals surface area contributed by atoms with Gasteiger partial charge in [-0.05, 0) is 18.6 Å². The van der Waals surface area contributed by atoms with Crippen LogP contribution in [0.5, 0.6) is 0 Å². The van der Waals surface area contributed by atoms with Gasteiger partial charge in [-0.15, -0.1) is 5.10 Å². The maximum atomic E-state index is 12.0. The van der Waals surface area contributed by atoms with Crippen molar-refractivity contribution in [1.82, 2.24) is 25.3 Å². The third kappa shape index (κ3) is 4.04. The normalized spacial score (nSPS) is 10.2. The fourth-order valence-corrected chi connectivity index (χ4v) is 1.66. The molecule has 20 heavy (non-hydrogen) atoms. The molecule has 2 aromatic heterocycles. The highest BCUT2D eigenvalue weighted by molar-refractivity contribution is 5.93. The second kappa shape index (κ2) is 7.22. The Balaban J connectivity index is 1.85. The summed E-state index contributed by atoms with van der Waals surface area (Å²) in [5.41, 5.74) is 1.31. The molecular weight excluding hydrogens is 256 g/mol. The van der Waals surface area contributed by atoms with Crippen molar-refractivity contribution in [3.05, 3.63) is 36.4 Å². The molecule has 0 bridgehead atoms. The molecule has 0 aromatic carbocycles. The maximum absolute atomic E-state index is 12.0. The molecule has 1 amide bonds. The molecule has 7 nitrogen and oxygen atoms in total. The molecule has 0 aliphatic heterocycles. The number of aromatic nitrogens is 4. The second-order valence-electron chi connectivity index (χ2n) is 4.28. The zero-order valence-electron chi connectivity index (χ0n) is 11.4. The molecule has 0 fully saturated rings. The van der Waals surface area contributed by atoms with Crippen molar-refractivity contribution in [2.75, 3.05) is 18.4 Å². The summed E-state index contributed by atoms with van der Waals surface area (Å²) in [4.78, 5) is 16.0. The van der Waals surface area contributed by atoms with E-state index in [1.54, 1.807) is 29.3 Å². The number of nitrogens with one attached hydrogen (secondary N) is 2. The number of hydrogen-bond donors (Lipinski definition) is 2. The zero-order chi connectivity index (χ0) is 14.2. The van der Waals surface area contributed by atoms with Gasteiger partial charge in [0.05, 0.1) is 12.7 Å². The van der Waals surface area contributed by atoms with Crippen molar-refractivity contribution >= 4 is 11.6 Å². The minimum atomic E-state index is -0.190. The molecule has 0 unspecified atom stereocenters. The van der Waals surface area contributed by atoms with E-state index in [2.05, 4.69) is 32.9 Å². The fraction of sp³-hybridized carbons (Fsp3) is 0.385. The van der Waals surface area contributed by atoms with E-state index in [-0.39, 0.29) is 5.91 Å². The molecule has 0 spiro atoms. The Bertz CT molecular complexity index is 540. The molecule has 0 atom stereocenters. The summed E-state index contributed by atoms with van der Waals surface area (Å²) >= 11 is 0. The molecular formula is C13H18N6O. The van der Waals surface area contributed by atoms with E-state index in [1.165, 1.54) is 0 Å². The molecule has 0 aliphatic carbocycles. The van der Waals surface area contributed by atoms with E-state index >= 15 is 0 Å². The first-order valence-corrected chi connectivity index (χ1v) is 6.62. The SMILES string of the molecule is CCCNc1ccnc(C(=O)NCCn2ccnn2)c1. The van der Waals surface area contributed by atoms with Crippen molar-refractivity contribution in [3.63, 3.8) is 0 Å². The van der Waals surface area contributed by atoms with Crippen molar-refractivity contribution in [3.8, 4) is 0 Å². The van der Waals surface area contributed by atoms with Crippen LogP contribution >= 0.6 is 0 Å². The number of carbonyl (C=O) groups excluding carboxylic acids is 1. The van der Waals surface area contributed by atoms with E-state index in [1.807, 2.05) is 6.07 Å². The van der Waals surface area contributed by atoms with E-state index in [9.17, 15) is 4.79 Å². The number of rotatable bonds is 7. The number of amides is 1. The lowest BCUT2D eigenvalue weighted by atomic mass is 10.3. The van der Waals surface area contributed by atoms with Gasteiger partial charge in [0.1, 0.15) is 5.69 Å². The van der Waals surface area contributed by atoms with E-state index in [0.29, 0.717) is 18.8 Å². The van der Waals surface area contributed by atoms with Crippen LogP contribution in [0.1, 0.15) is 23.8 Å². The predicted molar refractivity (Wildman–Crippen MR) is 75.4 cm³/mol. The first-order chi connectivity index (χ1) is 9.79. The Morgan fingerprint density at radius 2 is 2.25 bits per heavy atom. The number of carbonyl (C=O) groups is 1. The van der Waals surface area contributed by atoms with Crippen LogP contribution in [-0.4, -0.2) is 39.0 Å². The van der Waals surface area contributed by atoms with Gasteiger partial charge in [-0.2, -0.15) is 0 Å². The molecule has 7 heteroatoms. The van der Waals surface area contributed by atoms with Crippen molar-refractivity contribution < 1.29 is 4.79 Å². The molecule has 2 N–H and O–H groups in total. The topological polar surface area (TPSA) is 84.7 Å². The van der Waals surface area contributed by atoms with Crippen LogP contribution in [0.4, 0.5) is 5.69 Å². The smallest absolute Gasteiger partial charge is 0.270 e. The van der Waals surface area contributed by atoms with Gasteiger partial charge in [-0.3, -0.25) is 14.5 Å². The molecule has 0 saturated carbocycles. The third-order valence-corrected chi connectivity index (χ3v) is 2.67. The number of nitrogens with zero attached hydrogens (tertiary/aromatic N) is 4. The summed E-state index contributed by atoms with van der Waals surface area (Å²) in [6.07, 6.45) is 6.01. The molecule has 0 saturated heterocycles. The van der Waals surface area contributed by atoms with E-state index in [4.69, 9.17) is 0 Å². The van der Waals surface area contributed by atoms with Gasteiger partial charge in [0, 0.05) is 31.2 Å². The Kier molecular flexibility index (Phi) is 5.05. The summed E-state index contributed by atoms with van der Waals surface area (Å²) in [7, 11) is 0. The average molecular weight is 274 g/mol. The van der Waals surface area contributed by atoms with Crippen molar-refractivity contribution in [2.24, 2.45) is 0 Å². The molecule has 106 valence electrons. The van der Waals surface area contributed by atoms with Gasteiger partial charge in [0.2, 0.25) is 0 Å². The summed E-state index contributed by atoms with van der Waals surface area (Å²) in [5, 5.41) is 13.5. The first kappa shape index (κ1) is 14.0. The Labute approximate surface area is 117 Å². The molecule has 2 aromatic rings. The standard InChI is InChI=1S/C13H18N6O/c1-2-4-14-11-3-5-15-12(10-11)13(20)16-6-8-19-9-7-17-18-19/h3,5,7,9-10H,2,4,6,8H2,1H3,(H,14,15)(H,16,20). The van der Waals surface area contributed by atoms with Crippen molar-refractivity contribution in [2.45, 2.75) is 19.9 Å². The van der Waals surface area contributed by atoms with Gasteiger partial charge in [0.25, 0.3) is 5.91 Å². The van der Waals surface area contributed by atoms with Gasteiger partial charge in [0.15, 0.2) is 0 Å². The Hall–Kier alpha value is -2.44. The van der Waals surface area contributed by atoms with Gasteiger partial charge in [-0.25, -0.2) is 0 Å². The molecule has 0 aliphatic rings.